The van der Waals surface area contributed by atoms with Gasteiger partial charge in [0, 0.05) is 29.0 Å². The van der Waals surface area contributed by atoms with Crippen LogP contribution in [0.2, 0.25) is 5.02 Å². The fraction of sp³-hybridized carbons (Fsp3) is 0.286. The molecule has 0 radical (unpaired) electrons. The summed E-state index contributed by atoms with van der Waals surface area (Å²) in [6.45, 7) is 0.399. The summed E-state index contributed by atoms with van der Waals surface area (Å²) >= 11 is 6.15. The number of nitrogens with one attached hydrogen (secondary N) is 1. The second-order valence-corrected chi connectivity index (χ2v) is 7.59. The number of halogens is 1. The van der Waals surface area contributed by atoms with Gasteiger partial charge in [-0.2, -0.15) is 0 Å². The molecule has 2 aliphatic carbocycles. The maximum absolute atomic E-state index is 12.5. The van der Waals surface area contributed by atoms with Crippen molar-refractivity contribution in [1.29, 1.82) is 0 Å². The van der Waals surface area contributed by atoms with E-state index in [2.05, 4.69) is 5.32 Å². The molecular formula is C21H18ClN3O. The van der Waals surface area contributed by atoms with Gasteiger partial charge in [0.1, 0.15) is 0 Å². The highest BCUT2D eigenvalue weighted by Gasteiger charge is 2.39. The van der Waals surface area contributed by atoms with Crippen molar-refractivity contribution < 1.29 is 4.79 Å². The highest BCUT2D eigenvalue weighted by atomic mass is 35.5. The Kier molecular flexibility index (Phi) is 3.68. The van der Waals surface area contributed by atoms with E-state index in [1.165, 1.54) is 25.0 Å². The maximum Gasteiger partial charge on any atom is 0.251 e. The molecule has 26 heavy (non-hydrogen) atoms. The molecular weight excluding hydrogens is 346 g/mol. The minimum absolute atomic E-state index is 0.129. The van der Waals surface area contributed by atoms with Crippen LogP contribution < -0.4 is 5.32 Å². The Morgan fingerprint density at radius 2 is 1.77 bits per heavy atom. The van der Waals surface area contributed by atoms with E-state index >= 15 is 0 Å². The van der Waals surface area contributed by atoms with Crippen LogP contribution >= 0.6 is 11.6 Å². The lowest BCUT2D eigenvalue weighted by atomic mass is 10.00. The van der Waals surface area contributed by atoms with Gasteiger partial charge in [-0.3, -0.25) is 4.79 Å². The number of hydrogen-bond acceptors (Lipinski definition) is 3. The summed E-state index contributed by atoms with van der Waals surface area (Å²) in [5.74, 6) is 1.02. The van der Waals surface area contributed by atoms with Gasteiger partial charge in [0.2, 0.25) is 0 Å². The van der Waals surface area contributed by atoms with Crippen LogP contribution in [0.4, 0.5) is 0 Å². The molecule has 1 amide bonds. The quantitative estimate of drug-likeness (QED) is 0.741. The molecule has 130 valence electrons. The van der Waals surface area contributed by atoms with Crippen LogP contribution in [-0.4, -0.2) is 15.9 Å². The Bertz CT molecular complexity index is 1030. The average molecular weight is 364 g/mol. The molecule has 0 spiro atoms. The standard InChI is InChI=1S/C21H18ClN3O/c22-16-4-2-1-3-15(16)11-23-21(26)14-7-8-17-18(10-14)25-20-13-6-5-12(9-13)19(20)24-17/h1-4,7-8,10,12-13H,5-6,9,11H2,(H,23,26). The van der Waals surface area contributed by atoms with Gasteiger partial charge < -0.3 is 5.32 Å². The summed E-state index contributed by atoms with van der Waals surface area (Å²) in [5, 5.41) is 3.58. The molecule has 2 bridgehead atoms. The first-order valence-corrected chi connectivity index (χ1v) is 9.40. The van der Waals surface area contributed by atoms with Crippen LogP contribution in [0.3, 0.4) is 0 Å². The Balaban J connectivity index is 1.41. The van der Waals surface area contributed by atoms with Gasteiger partial charge in [-0.25, -0.2) is 9.97 Å². The molecule has 1 N–H and O–H groups in total. The van der Waals surface area contributed by atoms with Crippen molar-refractivity contribution in [1.82, 2.24) is 15.3 Å². The minimum Gasteiger partial charge on any atom is -0.348 e. The highest BCUT2D eigenvalue weighted by molar-refractivity contribution is 6.31. The monoisotopic (exact) mass is 363 g/mol. The zero-order chi connectivity index (χ0) is 17.7. The largest absolute Gasteiger partial charge is 0.348 e. The molecule has 2 aromatic carbocycles. The molecule has 4 nitrogen and oxygen atoms in total. The highest BCUT2D eigenvalue weighted by Crippen LogP contribution is 2.51. The first-order valence-electron chi connectivity index (χ1n) is 9.02. The predicted molar refractivity (Wildman–Crippen MR) is 101 cm³/mol. The fourth-order valence-electron chi connectivity index (χ4n) is 4.22. The zero-order valence-electron chi connectivity index (χ0n) is 14.2. The van der Waals surface area contributed by atoms with Crippen molar-refractivity contribution in [2.45, 2.75) is 37.6 Å². The summed E-state index contributed by atoms with van der Waals surface area (Å²) in [7, 11) is 0. The second kappa shape index (κ2) is 6.06. The lowest BCUT2D eigenvalue weighted by Crippen LogP contribution is -2.23. The lowest BCUT2D eigenvalue weighted by Gasteiger charge is -2.14. The Labute approximate surface area is 156 Å². The van der Waals surface area contributed by atoms with Crippen LogP contribution in [0, 0.1) is 0 Å². The fourth-order valence-corrected chi connectivity index (χ4v) is 4.42. The van der Waals surface area contributed by atoms with Gasteiger partial charge in [-0.05, 0) is 49.1 Å². The smallest absolute Gasteiger partial charge is 0.251 e. The summed E-state index contributed by atoms with van der Waals surface area (Å²) < 4.78 is 0. The van der Waals surface area contributed by atoms with Crippen molar-refractivity contribution in [2.24, 2.45) is 0 Å². The normalized spacial score (nSPS) is 20.3. The number of benzene rings is 2. The van der Waals surface area contributed by atoms with E-state index in [4.69, 9.17) is 21.6 Å². The van der Waals surface area contributed by atoms with E-state index in [1.807, 2.05) is 42.5 Å². The number of amides is 1. The Morgan fingerprint density at radius 3 is 2.54 bits per heavy atom. The number of fused-ring (bicyclic) bond motifs is 6. The SMILES string of the molecule is O=C(NCc1ccccc1Cl)c1ccc2nc3c(nc2c1)C1CCC3C1. The molecule has 1 saturated carbocycles. The minimum atomic E-state index is -0.129. The molecule has 3 aromatic rings. The third-order valence-corrected chi connectivity index (χ3v) is 5.95. The second-order valence-electron chi connectivity index (χ2n) is 7.18. The zero-order valence-corrected chi connectivity index (χ0v) is 15.0. The topological polar surface area (TPSA) is 54.9 Å². The van der Waals surface area contributed by atoms with E-state index in [0.29, 0.717) is 29.0 Å². The number of hydrogen-bond donors (Lipinski definition) is 1. The number of rotatable bonds is 3. The van der Waals surface area contributed by atoms with E-state index in [1.54, 1.807) is 0 Å². The molecule has 0 saturated heterocycles. The van der Waals surface area contributed by atoms with Crippen LogP contribution in [-0.2, 0) is 6.54 Å². The van der Waals surface area contributed by atoms with Crippen molar-refractivity contribution >= 4 is 28.5 Å². The lowest BCUT2D eigenvalue weighted by molar-refractivity contribution is 0.0951. The molecule has 2 unspecified atom stereocenters. The van der Waals surface area contributed by atoms with Gasteiger partial charge in [-0.1, -0.05) is 29.8 Å². The van der Waals surface area contributed by atoms with Crippen molar-refractivity contribution in [3.63, 3.8) is 0 Å². The van der Waals surface area contributed by atoms with Gasteiger partial charge in [0.05, 0.1) is 22.4 Å². The molecule has 1 aromatic heterocycles. The number of nitrogens with zero attached hydrogens (tertiary/aromatic N) is 2. The summed E-state index contributed by atoms with van der Waals surface area (Å²) in [5.41, 5.74) is 5.52. The first-order chi connectivity index (χ1) is 12.7. The van der Waals surface area contributed by atoms with Crippen LogP contribution in [0.25, 0.3) is 11.0 Å². The summed E-state index contributed by atoms with van der Waals surface area (Å²) in [6.07, 6.45) is 3.65. The van der Waals surface area contributed by atoms with Gasteiger partial charge in [0.15, 0.2) is 0 Å². The third-order valence-electron chi connectivity index (χ3n) is 5.59. The Morgan fingerprint density at radius 1 is 1.04 bits per heavy atom. The van der Waals surface area contributed by atoms with E-state index in [0.717, 1.165) is 22.3 Å². The van der Waals surface area contributed by atoms with Crippen molar-refractivity contribution in [3.05, 3.63) is 70.0 Å². The summed E-state index contributed by atoms with van der Waals surface area (Å²) in [4.78, 5) is 22.2. The molecule has 0 aliphatic heterocycles. The molecule has 1 fully saturated rings. The molecule has 2 aliphatic rings. The predicted octanol–water partition coefficient (Wildman–Crippen LogP) is 4.58. The van der Waals surface area contributed by atoms with Crippen LogP contribution in [0.5, 0.6) is 0 Å². The van der Waals surface area contributed by atoms with Crippen molar-refractivity contribution in [2.75, 3.05) is 0 Å². The van der Waals surface area contributed by atoms with Gasteiger partial charge in [0.25, 0.3) is 5.91 Å². The number of aromatic nitrogens is 2. The molecule has 5 rings (SSSR count). The Hall–Kier alpha value is -2.46. The van der Waals surface area contributed by atoms with E-state index in [9.17, 15) is 4.79 Å². The molecule has 5 heteroatoms. The van der Waals surface area contributed by atoms with Gasteiger partial charge >= 0.3 is 0 Å². The molecule has 1 heterocycles. The van der Waals surface area contributed by atoms with E-state index in [-0.39, 0.29) is 5.91 Å². The number of carbonyl (C=O) groups excluding carboxylic acids is 1. The number of carbonyl (C=O) groups is 1. The third kappa shape index (κ3) is 2.56. The summed E-state index contributed by atoms with van der Waals surface area (Å²) in [6, 6.07) is 13.1. The first kappa shape index (κ1) is 15.8. The molecule has 2 atom stereocenters. The average Bonchev–Trinajstić information content (AvgIpc) is 3.27. The van der Waals surface area contributed by atoms with E-state index < -0.39 is 0 Å². The van der Waals surface area contributed by atoms with Gasteiger partial charge in [-0.15, -0.1) is 0 Å². The van der Waals surface area contributed by atoms with Crippen LogP contribution in [0.15, 0.2) is 42.5 Å². The van der Waals surface area contributed by atoms with Crippen molar-refractivity contribution in [3.8, 4) is 0 Å². The van der Waals surface area contributed by atoms with Crippen LogP contribution in [0.1, 0.15) is 58.4 Å². The maximum atomic E-state index is 12.5.